The van der Waals surface area contributed by atoms with E-state index >= 15 is 0 Å². The molecule has 0 aliphatic heterocycles. The Kier molecular flexibility index (Phi) is 3.59. The van der Waals surface area contributed by atoms with Crippen molar-refractivity contribution in [3.05, 3.63) is 0 Å². The van der Waals surface area contributed by atoms with E-state index in [0.29, 0.717) is 12.5 Å². The fourth-order valence-electron chi connectivity index (χ4n) is 5.31. The number of rotatable bonds is 5. The Balaban J connectivity index is 1.58. The van der Waals surface area contributed by atoms with Gasteiger partial charge in [-0.2, -0.15) is 0 Å². The minimum atomic E-state index is 0.178. The molecule has 0 aromatic heterocycles. The van der Waals surface area contributed by atoms with Crippen LogP contribution in [0.25, 0.3) is 0 Å². The lowest BCUT2D eigenvalue weighted by molar-refractivity contribution is -0.127. The quantitative estimate of drug-likeness (QED) is 0.801. The van der Waals surface area contributed by atoms with Crippen LogP contribution in [0, 0.1) is 17.8 Å². The molecule has 4 saturated carbocycles. The Morgan fingerprint density at radius 1 is 1.16 bits per heavy atom. The van der Waals surface area contributed by atoms with Crippen LogP contribution in [0.1, 0.15) is 58.8 Å². The lowest BCUT2D eigenvalue weighted by Gasteiger charge is -2.57. The molecule has 0 aromatic rings. The van der Waals surface area contributed by atoms with Crippen molar-refractivity contribution in [3.63, 3.8) is 0 Å². The topological polar surface area (TPSA) is 41.1 Å². The van der Waals surface area contributed by atoms with Crippen LogP contribution in [0.15, 0.2) is 0 Å². The second kappa shape index (κ2) is 5.08. The maximum Gasteiger partial charge on any atom is 0.221 e. The fourth-order valence-corrected chi connectivity index (χ4v) is 5.31. The number of amides is 1. The molecule has 0 radical (unpaired) electrons. The molecule has 1 atom stereocenters. The lowest BCUT2D eigenvalue weighted by atomic mass is 9.53. The highest BCUT2D eigenvalue weighted by Crippen LogP contribution is 2.55. The van der Waals surface area contributed by atoms with E-state index < -0.39 is 0 Å². The zero-order chi connectivity index (χ0) is 13.5. The van der Waals surface area contributed by atoms with Crippen LogP contribution < -0.4 is 10.6 Å². The average Bonchev–Trinajstić information content (AvgIpc) is 2.25. The van der Waals surface area contributed by atoms with Gasteiger partial charge in [0, 0.05) is 18.0 Å². The fraction of sp³-hybridized carbons (Fsp3) is 0.938. The third-order valence-corrected chi connectivity index (χ3v) is 5.49. The van der Waals surface area contributed by atoms with Crippen molar-refractivity contribution in [2.75, 3.05) is 6.54 Å². The van der Waals surface area contributed by atoms with Gasteiger partial charge in [-0.05, 0) is 69.7 Å². The van der Waals surface area contributed by atoms with Crippen LogP contribution in [0.5, 0.6) is 0 Å². The second-order valence-corrected chi connectivity index (χ2v) is 7.41. The summed E-state index contributed by atoms with van der Waals surface area (Å²) in [6.07, 6.45) is 8.67. The highest BCUT2D eigenvalue weighted by Gasteiger charge is 2.51. The zero-order valence-electron chi connectivity index (χ0n) is 12.4. The van der Waals surface area contributed by atoms with Gasteiger partial charge in [-0.25, -0.2) is 0 Å². The summed E-state index contributed by atoms with van der Waals surface area (Å²) in [5.41, 5.74) is 0.178. The summed E-state index contributed by atoms with van der Waals surface area (Å²) in [7, 11) is 0. The molecule has 4 fully saturated rings. The van der Waals surface area contributed by atoms with E-state index in [9.17, 15) is 4.79 Å². The Morgan fingerprint density at radius 2 is 1.68 bits per heavy atom. The molecule has 0 aromatic carbocycles. The van der Waals surface area contributed by atoms with E-state index in [-0.39, 0.29) is 11.4 Å². The summed E-state index contributed by atoms with van der Waals surface area (Å²) >= 11 is 0. The van der Waals surface area contributed by atoms with E-state index in [0.717, 1.165) is 24.3 Å². The van der Waals surface area contributed by atoms with E-state index in [1.54, 1.807) is 0 Å². The van der Waals surface area contributed by atoms with Gasteiger partial charge < -0.3 is 10.6 Å². The molecule has 0 spiro atoms. The Bertz CT molecular complexity index is 317. The van der Waals surface area contributed by atoms with Gasteiger partial charge in [0.25, 0.3) is 0 Å². The largest absolute Gasteiger partial charge is 0.351 e. The summed E-state index contributed by atoms with van der Waals surface area (Å²) in [6, 6.07) is 0.291. The standard InChI is InChI=1S/C16H28N2O/c1-3-17-11(2)4-15(19)18-16-8-12-5-13(9-16)7-14(6-12)10-16/h11-14,17H,3-10H2,1-2H3,(H,18,19). The van der Waals surface area contributed by atoms with Gasteiger partial charge in [0.05, 0.1) is 0 Å². The summed E-state index contributed by atoms with van der Waals surface area (Å²) < 4.78 is 0. The third-order valence-electron chi connectivity index (χ3n) is 5.49. The van der Waals surface area contributed by atoms with Crippen molar-refractivity contribution in [2.45, 2.75) is 70.4 Å². The Labute approximate surface area is 116 Å². The molecule has 4 bridgehead atoms. The van der Waals surface area contributed by atoms with Crippen molar-refractivity contribution < 1.29 is 4.79 Å². The number of carbonyl (C=O) groups excluding carboxylic acids is 1. The van der Waals surface area contributed by atoms with Gasteiger partial charge in [0.15, 0.2) is 0 Å². The van der Waals surface area contributed by atoms with Crippen LogP contribution in [0.2, 0.25) is 0 Å². The van der Waals surface area contributed by atoms with Crippen molar-refractivity contribution in [2.24, 2.45) is 17.8 Å². The molecule has 0 heterocycles. The second-order valence-electron chi connectivity index (χ2n) is 7.41. The maximum atomic E-state index is 12.3. The highest BCUT2D eigenvalue weighted by atomic mass is 16.1. The van der Waals surface area contributed by atoms with Gasteiger partial charge in [-0.15, -0.1) is 0 Å². The molecule has 1 unspecified atom stereocenters. The molecule has 2 N–H and O–H groups in total. The number of nitrogens with one attached hydrogen (secondary N) is 2. The first-order valence-corrected chi connectivity index (χ1v) is 8.13. The minimum absolute atomic E-state index is 0.178. The number of hydrogen-bond acceptors (Lipinski definition) is 2. The molecular weight excluding hydrogens is 236 g/mol. The summed E-state index contributed by atoms with van der Waals surface area (Å²) in [4.78, 5) is 12.3. The molecule has 19 heavy (non-hydrogen) atoms. The first kappa shape index (κ1) is 13.4. The molecule has 3 heteroatoms. The molecule has 4 rings (SSSR count). The Hall–Kier alpha value is -0.570. The predicted molar refractivity (Wildman–Crippen MR) is 76.8 cm³/mol. The van der Waals surface area contributed by atoms with Gasteiger partial charge in [-0.3, -0.25) is 4.79 Å². The maximum absolute atomic E-state index is 12.3. The van der Waals surface area contributed by atoms with Gasteiger partial charge in [0.1, 0.15) is 0 Å². The summed E-state index contributed by atoms with van der Waals surface area (Å²) in [6.45, 7) is 5.13. The van der Waals surface area contributed by atoms with Crippen LogP contribution in [-0.4, -0.2) is 24.0 Å². The van der Waals surface area contributed by atoms with E-state index in [1.807, 2.05) is 0 Å². The van der Waals surface area contributed by atoms with Crippen molar-refractivity contribution in [1.82, 2.24) is 10.6 Å². The third kappa shape index (κ3) is 2.81. The molecule has 1 amide bonds. The van der Waals surface area contributed by atoms with Crippen molar-refractivity contribution in [3.8, 4) is 0 Å². The average molecular weight is 264 g/mol. The van der Waals surface area contributed by atoms with Crippen molar-refractivity contribution >= 4 is 5.91 Å². The van der Waals surface area contributed by atoms with Crippen LogP contribution in [0.4, 0.5) is 0 Å². The van der Waals surface area contributed by atoms with Gasteiger partial charge in [0.2, 0.25) is 5.91 Å². The summed E-state index contributed by atoms with van der Waals surface area (Å²) in [5.74, 6) is 2.96. The molecule has 0 saturated heterocycles. The predicted octanol–water partition coefficient (Wildman–Crippen LogP) is 2.46. The zero-order valence-corrected chi connectivity index (χ0v) is 12.4. The molecule has 4 aliphatic carbocycles. The molecule has 3 nitrogen and oxygen atoms in total. The van der Waals surface area contributed by atoms with Gasteiger partial charge in [-0.1, -0.05) is 6.92 Å². The summed E-state index contributed by atoms with van der Waals surface area (Å²) in [5, 5.41) is 6.76. The first-order chi connectivity index (χ1) is 9.08. The SMILES string of the molecule is CCNC(C)CC(=O)NC12CC3CC(CC(C3)C1)C2. The molecule has 4 aliphatic rings. The lowest BCUT2D eigenvalue weighted by Crippen LogP contribution is -2.60. The monoisotopic (exact) mass is 264 g/mol. The van der Waals surface area contributed by atoms with Crippen LogP contribution in [0.3, 0.4) is 0 Å². The highest BCUT2D eigenvalue weighted by molar-refractivity contribution is 5.77. The Morgan fingerprint density at radius 3 is 2.16 bits per heavy atom. The number of carbonyl (C=O) groups is 1. The van der Waals surface area contributed by atoms with E-state index in [2.05, 4.69) is 24.5 Å². The van der Waals surface area contributed by atoms with E-state index in [1.165, 1.54) is 38.5 Å². The molecule has 108 valence electrons. The minimum Gasteiger partial charge on any atom is -0.351 e. The normalized spacial score (nSPS) is 41.3. The van der Waals surface area contributed by atoms with E-state index in [4.69, 9.17) is 0 Å². The van der Waals surface area contributed by atoms with Gasteiger partial charge >= 0.3 is 0 Å². The van der Waals surface area contributed by atoms with Crippen molar-refractivity contribution in [1.29, 1.82) is 0 Å². The number of hydrogen-bond donors (Lipinski definition) is 2. The molecular formula is C16H28N2O. The first-order valence-electron chi connectivity index (χ1n) is 8.13. The van der Waals surface area contributed by atoms with Crippen LogP contribution in [-0.2, 0) is 4.79 Å². The smallest absolute Gasteiger partial charge is 0.221 e. The van der Waals surface area contributed by atoms with Crippen LogP contribution >= 0.6 is 0 Å².